The summed E-state index contributed by atoms with van der Waals surface area (Å²) in [6.45, 7) is 7.12. The highest BCUT2D eigenvalue weighted by molar-refractivity contribution is 5.99. The van der Waals surface area contributed by atoms with Gasteiger partial charge in [0.05, 0.1) is 17.7 Å². The zero-order valence-corrected chi connectivity index (χ0v) is 14.2. The van der Waals surface area contributed by atoms with Gasteiger partial charge in [-0.05, 0) is 44.9 Å². The first-order valence-electron chi connectivity index (χ1n) is 8.10. The summed E-state index contributed by atoms with van der Waals surface area (Å²) in [5, 5.41) is 8.99. The van der Waals surface area contributed by atoms with Crippen LogP contribution in [0.3, 0.4) is 0 Å². The van der Waals surface area contributed by atoms with E-state index in [1.54, 1.807) is 21.9 Å². The highest BCUT2D eigenvalue weighted by Crippen LogP contribution is 2.29. The Morgan fingerprint density at radius 2 is 2.12 bits per heavy atom. The molecule has 2 aliphatic heterocycles. The molecule has 1 aromatic rings. The van der Waals surface area contributed by atoms with Gasteiger partial charge in [0, 0.05) is 25.2 Å². The molecule has 1 saturated heterocycles. The lowest BCUT2D eigenvalue weighted by Crippen LogP contribution is -2.40. The topological polar surface area (TPSA) is 73.6 Å². The van der Waals surface area contributed by atoms with Crippen LogP contribution in [0.2, 0.25) is 0 Å². The number of fused-ring (bicyclic) bond motifs is 1. The van der Waals surface area contributed by atoms with Gasteiger partial charge in [-0.25, -0.2) is 4.79 Å². The van der Waals surface area contributed by atoms with Crippen LogP contribution in [0, 0.1) is 11.3 Å². The maximum atomic E-state index is 12.6. The van der Waals surface area contributed by atoms with Crippen molar-refractivity contribution in [2.24, 2.45) is 0 Å². The predicted molar refractivity (Wildman–Crippen MR) is 87.2 cm³/mol. The van der Waals surface area contributed by atoms with Gasteiger partial charge in [0.25, 0.3) is 5.91 Å². The van der Waals surface area contributed by atoms with Gasteiger partial charge < -0.3 is 14.5 Å². The van der Waals surface area contributed by atoms with Gasteiger partial charge in [-0.2, -0.15) is 5.26 Å². The van der Waals surface area contributed by atoms with Gasteiger partial charge in [-0.3, -0.25) is 4.79 Å². The first kappa shape index (κ1) is 16.3. The van der Waals surface area contributed by atoms with E-state index in [1.165, 1.54) is 0 Å². The predicted octanol–water partition coefficient (Wildman–Crippen LogP) is 2.52. The number of hydrogen-bond acceptors (Lipinski definition) is 4. The minimum atomic E-state index is -0.525. The maximum Gasteiger partial charge on any atom is 0.410 e. The molecule has 0 radical (unpaired) electrons. The Labute approximate surface area is 141 Å². The summed E-state index contributed by atoms with van der Waals surface area (Å²) < 4.78 is 5.40. The van der Waals surface area contributed by atoms with Crippen molar-refractivity contribution in [3.05, 3.63) is 34.9 Å². The van der Waals surface area contributed by atoms with Crippen LogP contribution in [-0.2, 0) is 11.3 Å². The van der Waals surface area contributed by atoms with Crippen molar-refractivity contribution in [2.45, 2.75) is 45.4 Å². The molecule has 1 unspecified atom stereocenters. The summed E-state index contributed by atoms with van der Waals surface area (Å²) in [4.78, 5) is 28.3. The van der Waals surface area contributed by atoms with Crippen molar-refractivity contribution >= 4 is 12.0 Å². The number of ether oxygens (including phenoxy) is 1. The second-order valence-electron chi connectivity index (χ2n) is 7.29. The van der Waals surface area contributed by atoms with E-state index in [0.717, 1.165) is 12.0 Å². The van der Waals surface area contributed by atoms with Gasteiger partial charge in [0.2, 0.25) is 0 Å². The largest absolute Gasteiger partial charge is 0.444 e. The van der Waals surface area contributed by atoms with Crippen molar-refractivity contribution in [1.82, 2.24) is 9.80 Å². The van der Waals surface area contributed by atoms with Crippen molar-refractivity contribution < 1.29 is 14.3 Å². The van der Waals surface area contributed by atoms with Gasteiger partial charge in [-0.15, -0.1) is 0 Å². The highest BCUT2D eigenvalue weighted by atomic mass is 16.6. The molecular formula is C18H21N3O3. The van der Waals surface area contributed by atoms with Crippen LogP contribution in [0.1, 0.15) is 48.7 Å². The van der Waals surface area contributed by atoms with Gasteiger partial charge in [0.1, 0.15) is 5.60 Å². The van der Waals surface area contributed by atoms with Crippen molar-refractivity contribution in [3.63, 3.8) is 0 Å². The highest BCUT2D eigenvalue weighted by Gasteiger charge is 2.38. The van der Waals surface area contributed by atoms with E-state index in [0.29, 0.717) is 30.8 Å². The van der Waals surface area contributed by atoms with Crippen molar-refractivity contribution in [1.29, 1.82) is 5.26 Å². The standard InChI is InChI=1S/C18H21N3O3/c1-18(2,3)24-17(23)20-7-6-14(11-20)21-10-13-5-4-12(9-19)8-15(13)16(21)22/h4-5,8,14H,6-7,10-11H2,1-3H3. The molecular weight excluding hydrogens is 306 g/mol. The van der Waals surface area contributed by atoms with Crippen LogP contribution in [0.15, 0.2) is 18.2 Å². The van der Waals surface area contributed by atoms with Gasteiger partial charge in [0.15, 0.2) is 0 Å². The summed E-state index contributed by atoms with van der Waals surface area (Å²) in [6.07, 6.45) is 0.408. The Morgan fingerprint density at radius 3 is 2.79 bits per heavy atom. The van der Waals surface area contributed by atoms with Crippen LogP contribution >= 0.6 is 0 Å². The summed E-state index contributed by atoms with van der Waals surface area (Å²) in [5.41, 5.74) is 1.51. The molecule has 0 bridgehead atoms. The minimum absolute atomic E-state index is 0.0112. The molecule has 2 amide bonds. The molecule has 126 valence electrons. The fourth-order valence-electron chi connectivity index (χ4n) is 3.18. The number of nitriles is 1. The average molecular weight is 327 g/mol. The molecule has 0 saturated carbocycles. The summed E-state index contributed by atoms with van der Waals surface area (Å²) in [7, 11) is 0. The lowest BCUT2D eigenvalue weighted by atomic mass is 10.1. The number of carbonyl (C=O) groups is 2. The fourth-order valence-corrected chi connectivity index (χ4v) is 3.18. The minimum Gasteiger partial charge on any atom is -0.444 e. The second kappa shape index (κ2) is 5.82. The van der Waals surface area contributed by atoms with E-state index in [1.807, 2.05) is 26.8 Å². The molecule has 2 aliphatic rings. The molecule has 0 aromatic heterocycles. The number of likely N-dealkylation sites (tertiary alicyclic amines) is 1. The molecule has 6 nitrogen and oxygen atoms in total. The first-order valence-corrected chi connectivity index (χ1v) is 8.10. The van der Waals surface area contributed by atoms with Crippen LogP contribution in [0.5, 0.6) is 0 Å². The molecule has 1 aromatic carbocycles. The molecule has 0 N–H and O–H groups in total. The Kier molecular flexibility index (Phi) is 3.96. The molecule has 3 rings (SSSR count). The number of hydrogen-bond donors (Lipinski definition) is 0. The van der Waals surface area contributed by atoms with E-state index >= 15 is 0 Å². The van der Waals surface area contributed by atoms with Gasteiger partial charge >= 0.3 is 6.09 Å². The number of benzene rings is 1. The Balaban J connectivity index is 1.68. The third-order valence-corrected chi connectivity index (χ3v) is 4.33. The molecule has 0 aliphatic carbocycles. The maximum absolute atomic E-state index is 12.6. The molecule has 24 heavy (non-hydrogen) atoms. The van der Waals surface area contributed by atoms with E-state index in [2.05, 4.69) is 6.07 Å². The third kappa shape index (κ3) is 3.07. The zero-order valence-electron chi connectivity index (χ0n) is 14.2. The van der Waals surface area contributed by atoms with Crippen molar-refractivity contribution in [2.75, 3.05) is 13.1 Å². The lowest BCUT2D eigenvalue weighted by molar-refractivity contribution is 0.0276. The molecule has 6 heteroatoms. The summed E-state index contributed by atoms with van der Waals surface area (Å²) >= 11 is 0. The lowest BCUT2D eigenvalue weighted by Gasteiger charge is -2.26. The average Bonchev–Trinajstić information content (AvgIpc) is 3.10. The smallest absolute Gasteiger partial charge is 0.410 e. The monoisotopic (exact) mass is 327 g/mol. The molecule has 1 fully saturated rings. The summed E-state index contributed by atoms with van der Waals surface area (Å²) in [6, 6.07) is 7.28. The van der Waals surface area contributed by atoms with Crippen LogP contribution in [0.4, 0.5) is 4.79 Å². The Morgan fingerprint density at radius 1 is 1.38 bits per heavy atom. The van der Waals surface area contributed by atoms with Crippen LogP contribution in [0.25, 0.3) is 0 Å². The third-order valence-electron chi connectivity index (χ3n) is 4.33. The molecule has 2 heterocycles. The number of carbonyl (C=O) groups excluding carboxylic acids is 2. The SMILES string of the molecule is CC(C)(C)OC(=O)N1CCC(N2Cc3ccc(C#N)cc3C2=O)C1. The van der Waals surface area contributed by atoms with Crippen molar-refractivity contribution in [3.8, 4) is 6.07 Å². The first-order chi connectivity index (χ1) is 11.3. The van der Waals surface area contributed by atoms with E-state index in [4.69, 9.17) is 10.00 Å². The normalized spacial score (nSPS) is 20.1. The second-order valence-corrected chi connectivity index (χ2v) is 7.29. The quantitative estimate of drug-likeness (QED) is 0.794. The number of nitrogens with zero attached hydrogens (tertiary/aromatic N) is 3. The van der Waals surface area contributed by atoms with E-state index < -0.39 is 5.60 Å². The van der Waals surface area contributed by atoms with Gasteiger partial charge in [-0.1, -0.05) is 6.07 Å². The van der Waals surface area contributed by atoms with Crippen LogP contribution in [-0.4, -0.2) is 46.5 Å². The van der Waals surface area contributed by atoms with E-state index in [9.17, 15) is 9.59 Å². The number of rotatable bonds is 1. The zero-order chi connectivity index (χ0) is 17.5. The molecule has 1 atom stereocenters. The summed E-state index contributed by atoms with van der Waals surface area (Å²) in [5.74, 6) is -0.0573. The Hall–Kier alpha value is -2.55. The number of amides is 2. The van der Waals surface area contributed by atoms with E-state index in [-0.39, 0.29) is 18.0 Å². The Bertz CT molecular complexity index is 730. The fraction of sp³-hybridized carbons (Fsp3) is 0.500. The molecule has 0 spiro atoms. The van der Waals surface area contributed by atoms with Crippen LogP contribution < -0.4 is 0 Å².